The molecule has 0 saturated heterocycles. The molecule has 9 heteroatoms. The van der Waals surface area contributed by atoms with E-state index in [2.05, 4.69) is 10.3 Å². The van der Waals surface area contributed by atoms with E-state index in [1.54, 1.807) is 52.4 Å². The van der Waals surface area contributed by atoms with E-state index in [9.17, 15) is 14.4 Å². The third-order valence-electron chi connectivity index (χ3n) is 6.49. The number of nitrogens with one attached hydrogen (secondary N) is 1. The summed E-state index contributed by atoms with van der Waals surface area (Å²) in [4.78, 5) is 47.3. The van der Waals surface area contributed by atoms with Crippen molar-refractivity contribution in [2.75, 3.05) is 32.2 Å². The van der Waals surface area contributed by atoms with E-state index in [1.807, 2.05) is 18.2 Å². The maximum absolute atomic E-state index is 13.7. The highest BCUT2D eigenvalue weighted by molar-refractivity contribution is 6.18. The number of benzene rings is 2. The number of rotatable bonds is 8. The first-order chi connectivity index (χ1) is 17.5. The minimum Gasteiger partial charge on any atom is -0.493 e. The molecule has 36 heavy (non-hydrogen) atoms. The second-order valence-electron chi connectivity index (χ2n) is 8.50. The Labute approximate surface area is 208 Å². The van der Waals surface area contributed by atoms with Gasteiger partial charge in [-0.3, -0.25) is 24.3 Å². The van der Waals surface area contributed by atoms with Gasteiger partial charge in [0.1, 0.15) is 6.17 Å². The van der Waals surface area contributed by atoms with Crippen LogP contribution in [0, 0.1) is 0 Å². The molecule has 3 heterocycles. The Morgan fingerprint density at radius 2 is 1.81 bits per heavy atom. The van der Waals surface area contributed by atoms with E-state index >= 15 is 0 Å². The minimum atomic E-state index is -0.684. The zero-order chi connectivity index (χ0) is 25.2. The second kappa shape index (κ2) is 9.69. The van der Waals surface area contributed by atoms with Gasteiger partial charge in [0.05, 0.1) is 31.0 Å². The number of hydrogen-bond acceptors (Lipinski definition) is 6. The van der Waals surface area contributed by atoms with Crippen molar-refractivity contribution in [2.24, 2.45) is 0 Å². The van der Waals surface area contributed by atoms with Gasteiger partial charge in [-0.05, 0) is 30.3 Å². The number of amides is 3. The lowest BCUT2D eigenvalue weighted by molar-refractivity contribution is -0.121. The number of ether oxygens (including phenoxy) is 2. The molecule has 1 aromatic heterocycles. The normalized spacial score (nSPS) is 15.8. The molecule has 0 saturated carbocycles. The number of pyridine rings is 1. The molecule has 2 aliphatic heterocycles. The molecule has 2 aromatic carbocycles. The van der Waals surface area contributed by atoms with Crippen molar-refractivity contribution in [1.82, 2.24) is 15.2 Å². The summed E-state index contributed by atoms with van der Waals surface area (Å²) in [6.45, 7) is 0.589. The van der Waals surface area contributed by atoms with Crippen LogP contribution < -0.4 is 19.7 Å². The predicted octanol–water partition coefficient (Wildman–Crippen LogP) is 2.96. The molecule has 0 aliphatic carbocycles. The Hall–Kier alpha value is -4.40. The molecular weight excluding hydrogens is 460 g/mol. The standard InChI is InChI=1S/C27H26N4O5/c1-35-21-11-10-19-23(24(21)36-2)27(34)31-20-9-4-3-8-18(20)26(33)30(25(19)31)16-13-22(32)29-15-12-17-7-5-6-14-28-17/h3-11,14,25H,12-13,15-16H2,1-2H3,(H,29,32)/t25-/m0/s1. The molecule has 0 radical (unpaired) electrons. The first kappa shape index (κ1) is 23.3. The molecule has 2 aliphatic rings. The van der Waals surface area contributed by atoms with Gasteiger partial charge in [-0.2, -0.15) is 0 Å². The Morgan fingerprint density at radius 3 is 2.56 bits per heavy atom. The molecular formula is C27H26N4O5. The predicted molar refractivity (Wildman–Crippen MR) is 132 cm³/mol. The van der Waals surface area contributed by atoms with Crippen molar-refractivity contribution in [3.63, 3.8) is 0 Å². The van der Waals surface area contributed by atoms with Crippen LogP contribution in [0.15, 0.2) is 60.8 Å². The van der Waals surface area contributed by atoms with Crippen LogP contribution >= 0.6 is 0 Å². The first-order valence-electron chi connectivity index (χ1n) is 11.7. The van der Waals surface area contributed by atoms with Crippen molar-refractivity contribution in [2.45, 2.75) is 19.0 Å². The smallest absolute Gasteiger partial charge is 0.264 e. The molecule has 9 nitrogen and oxygen atoms in total. The van der Waals surface area contributed by atoms with Crippen LogP contribution in [0.5, 0.6) is 11.5 Å². The second-order valence-corrected chi connectivity index (χ2v) is 8.50. The molecule has 3 amide bonds. The van der Waals surface area contributed by atoms with Crippen molar-refractivity contribution in [3.05, 3.63) is 83.2 Å². The summed E-state index contributed by atoms with van der Waals surface area (Å²) >= 11 is 0. The third-order valence-corrected chi connectivity index (χ3v) is 6.49. The fraction of sp³-hybridized carbons (Fsp3) is 0.259. The highest BCUT2D eigenvalue weighted by Gasteiger charge is 2.49. The molecule has 184 valence electrons. The van der Waals surface area contributed by atoms with Gasteiger partial charge in [-0.25, -0.2) is 0 Å². The molecule has 0 fully saturated rings. The number of para-hydroxylation sites is 1. The number of anilines is 1. The molecule has 0 unspecified atom stereocenters. The summed E-state index contributed by atoms with van der Waals surface area (Å²) in [6.07, 6.45) is 1.74. The molecule has 5 rings (SSSR count). The van der Waals surface area contributed by atoms with Crippen molar-refractivity contribution in [1.29, 1.82) is 0 Å². The maximum Gasteiger partial charge on any atom is 0.264 e. The number of hydrogen-bond donors (Lipinski definition) is 1. The Bertz CT molecular complexity index is 1330. The first-order valence-corrected chi connectivity index (χ1v) is 11.7. The number of carbonyl (C=O) groups is 3. The SMILES string of the molecule is COc1ccc2c(c1OC)C(=O)N1c3ccccc3C(=O)N(CCC(=O)NCCc3ccccn3)[C@H]21. The number of methoxy groups -OCH3 is 2. The average Bonchev–Trinajstić information content (AvgIpc) is 3.21. The van der Waals surface area contributed by atoms with Gasteiger partial charge in [-0.15, -0.1) is 0 Å². The highest BCUT2D eigenvalue weighted by Crippen LogP contribution is 2.49. The lowest BCUT2D eigenvalue weighted by Crippen LogP contribution is -2.49. The van der Waals surface area contributed by atoms with Gasteiger partial charge in [0.2, 0.25) is 5.91 Å². The van der Waals surface area contributed by atoms with E-state index in [0.717, 1.165) is 5.69 Å². The summed E-state index contributed by atoms with van der Waals surface area (Å²) in [5.41, 5.74) is 2.83. The monoisotopic (exact) mass is 486 g/mol. The highest BCUT2D eigenvalue weighted by atomic mass is 16.5. The van der Waals surface area contributed by atoms with Gasteiger partial charge in [0.25, 0.3) is 11.8 Å². The van der Waals surface area contributed by atoms with E-state index in [0.29, 0.717) is 46.8 Å². The van der Waals surface area contributed by atoms with Gasteiger partial charge >= 0.3 is 0 Å². The van der Waals surface area contributed by atoms with Crippen molar-refractivity contribution in [3.8, 4) is 11.5 Å². The molecule has 0 bridgehead atoms. The maximum atomic E-state index is 13.7. The van der Waals surface area contributed by atoms with Gasteiger partial charge < -0.3 is 19.7 Å². The van der Waals surface area contributed by atoms with Crippen molar-refractivity contribution >= 4 is 23.4 Å². The van der Waals surface area contributed by atoms with E-state index in [1.165, 1.54) is 14.2 Å². The summed E-state index contributed by atoms with van der Waals surface area (Å²) < 4.78 is 10.9. The van der Waals surface area contributed by atoms with Gasteiger partial charge in [0.15, 0.2) is 11.5 Å². The Balaban J connectivity index is 1.41. The third kappa shape index (κ3) is 3.92. The van der Waals surface area contributed by atoms with Gasteiger partial charge in [0, 0.05) is 43.4 Å². The van der Waals surface area contributed by atoms with Crippen LogP contribution in [0.4, 0.5) is 5.69 Å². The van der Waals surface area contributed by atoms with E-state index < -0.39 is 6.17 Å². The number of nitrogens with zero attached hydrogens (tertiary/aromatic N) is 3. The summed E-state index contributed by atoms with van der Waals surface area (Å²) in [5.74, 6) is 0.0644. The summed E-state index contributed by atoms with van der Waals surface area (Å²) in [6, 6.07) is 16.2. The number of fused-ring (bicyclic) bond motifs is 5. The fourth-order valence-electron chi connectivity index (χ4n) is 4.84. The molecule has 1 N–H and O–H groups in total. The lowest BCUT2D eigenvalue weighted by atomic mass is 10.0. The molecule has 3 aromatic rings. The average molecular weight is 487 g/mol. The fourth-order valence-corrected chi connectivity index (χ4v) is 4.84. The largest absolute Gasteiger partial charge is 0.493 e. The zero-order valence-corrected chi connectivity index (χ0v) is 20.1. The topological polar surface area (TPSA) is 101 Å². The number of carbonyl (C=O) groups excluding carboxylic acids is 3. The Kier molecular flexibility index (Phi) is 6.28. The zero-order valence-electron chi connectivity index (χ0n) is 20.1. The van der Waals surface area contributed by atoms with Crippen LogP contribution in [0.25, 0.3) is 0 Å². The lowest BCUT2D eigenvalue weighted by Gasteiger charge is -2.40. The summed E-state index contributed by atoms with van der Waals surface area (Å²) in [7, 11) is 2.99. The van der Waals surface area contributed by atoms with E-state index in [4.69, 9.17) is 9.47 Å². The van der Waals surface area contributed by atoms with Crippen LogP contribution in [0.2, 0.25) is 0 Å². The van der Waals surface area contributed by atoms with Crippen LogP contribution in [0.3, 0.4) is 0 Å². The van der Waals surface area contributed by atoms with E-state index in [-0.39, 0.29) is 30.7 Å². The van der Waals surface area contributed by atoms with Crippen LogP contribution in [-0.4, -0.2) is 54.9 Å². The molecule has 0 spiro atoms. The van der Waals surface area contributed by atoms with Crippen molar-refractivity contribution < 1.29 is 23.9 Å². The summed E-state index contributed by atoms with van der Waals surface area (Å²) in [5, 5.41) is 2.89. The van der Waals surface area contributed by atoms with Crippen LogP contribution in [-0.2, 0) is 11.2 Å². The number of aromatic nitrogens is 1. The minimum absolute atomic E-state index is 0.0945. The molecule has 1 atom stereocenters. The van der Waals surface area contributed by atoms with Crippen LogP contribution in [0.1, 0.15) is 44.6 Å². The quantitative estimate of drug-likeness (QED) is 0.525. The Morgan fingerprint density at radius 1 is 1.00 bits per heavy atom. The van der Waals surface area contributed by atoms with Gasteiger partial charge in [-0.1, -0.05) is 24.3 Å².